The lowest BCUT2D eigenvalue weighted by atomic mass is 10.0. The van der Waals surface area contributed by atoms with Gasteiger partial charge in [0.05, 0.1) is 16.9 Å². The molecule has 4 rings (SSSR count). The predicted octanol–water partition coefficient (Wildman–Crippen LogP) is 4.79. The molecule has 0 atom stereocenters. The summed E-state index contributed by atoms with van der Waals surface area (Å²) in [4.78, 5) is 24.5. The predicted molar refractivity (Wildman–Crippen MR) is 91.3 cm³/mol. The minimum Gasteiger partial charge on any atom is -0.450 e. The van der Waals surface area contributed by atoms with Crippen LogP contribution in [-0.2, 0) is 11.0 Å². The standard InChI is InChI=1S/C20H13F3O4/c21-20(22,23)18-16(11-4-2-1-3-5-11)17(24)14-9-8-13(10-15(14)27-18)26-19(25)12-6-7-12/h1-5,8-10,12H,6-7H2. The van der Waals surface area contributed by atoms with Crippen molar-refractivity contribution in [3.8, 4) is 16.9 Å². The fraction of sp³-hybridized carbons (Fsp3) is 0.200. The Morgan fingerprint density at radius 1 is 1.07 bits per heavy atom. The van der Waals surface area contributed by atoms with E-state index in [0.29, 0.717) is 0 Å². The van der Waals surface area contributed by atoms with Crippen LogP contribution in [0.1, 0.15) is 18.6 Å². The normalized spacial score (nSPS) is 14.3. The van der Waals surface area contributed by atoms with Crippen molar-refractivity contribution >= 4 is 16.9 Å². The zero-order chi connectivity index (χ0) is 19.2. The topological polar surface area (TPSA) is 56.5 Å². The molecule has 0 unspecified atom stereocenters. The number of esters is 1. The molecule has 138 valence electrons. The zero-order valence-corrected chi connectivity index (χ0v) is 13.9. The second kappa shape index (κ2) is 6.26. The fourth-order valence-electron chi connectivity index (χ4n) is 2.82. The van der Waals surface area contributed by atoms with Crippen LogP contribution in [0.5, 0.6) is 5.75 Å². The number of carbonyl (C=O) groups is 1. The fourth-order valence-corrected chi connectivity index (χ4v) is 2.82. The molecule has 27 heavy (non-hydrogen) atoms. The molecular weight excluding hydrogens is 361 g/mol. The van der Waals surface area contributed by atoms with Crippen molar-refractivity contribution in [1.29, 1.82) is 0 Å². The van der Waals surface area contributed by atoms with E-state index in [9.17, 15) is 22.8 Å². The lowest BCUT2D eigenvalue weighted by Gasteiger charge is -2.13. The van der Waals surface area contributed by atoms with Gasteiger partial charge in [-0.05, 0) is 30.5 Å². The number of fused-ring (bicyclic) bond motifs is 1. The third-order valence-electron chi connectivity index (χ3n) is 4.31. The van der Waals surface area contributed by atoms with Gasteiger partial charge in [-0.3, -0.25) is 9.59 Å². The van der Waals surface area contributed by atoms with E-state index in [0.717, 1.165) is 18.9 Å². The average molecular weight is 374 g/mol. The first-order chi connectivity index (χ1) is 12.8. The van der Waals surface area contributed by atoms with Crippen LogP contribution in [0.15, 0.2) is 57.7 Å². The van der Waals surface area contributed by atoms with Gasteiger partial charge >= 0.3 is 12.1 Å². The third-order valence-corrected chi connectivity index (χ3v) is 4.31. The van der Waals surface area contributed by atoms with Gasteiger partial charge in [-0.25, -0.2) is 0 Å². The summed E-state index contributed by atoms with van der Waals surface area (Å²) in [6, 6.07) is 11.4. The number of rotatable bonds is 3. The summed E-state index contributed by atoms with van der Waals surface area (Å²) in [5.41, 5.74) is -1.51. The highest BCUT2D eigenvalue weighted by Gasteiger charge is 2.39. The Balaban J connectivity index is 1.89. The molecule has 0 spiro atoms. The molecule has 0 N–H and O–H groups in total. The summed E-state index contributed by atoms with van der Waals surface area (Å²) in [6.45, 7) is 0. The summed E-state index contributed by atoms with van der Waals surface area (Å²) in [5, 5.41) is -0.0203. The van der Waals surface area contributed by atoms with E-state index >= 15 is 0 Å². The van der Waals surface area contributed by atoms with Crippen LogP contribution in [0, 0.1) is 5.92 Å². The van der Waals surface area contributed by atoms with Gasteiger partial charge in [0.25, 0.3) is 0 Å². The molecule has 4 nitrogen and oxygen atoms in total. The van der Waals surface area contributed by atoms with Crippen LogP contribution < -0.4 is 10.2 Å². The summed E-state index contributed by atoms with van der Waals surface area (Å²) >= 11 is 0. The highest BCUT2D eigenvalue weighted by Crippen LogP contribution is 2.38. The Bertz CT molecular complexity index is 1080. The van der Waals surface area contributed by atoms with Crippen molar-refractivity contribution in [3.05, 3.63) is 64.5 Å². The summed E-state index contributed by atoms with van der Waals surface area (Å²) in [6.07, 6.45) is -3.39. The number of ether oxygens (including phenoxy) is 1. The van der Waals surface area contributed by atoms with E-state index in [1.54, 1.807) is 18.2 Å². The Morgan fingerprint density at radius 3 is 2.41 bits per heavy atom. The molecule has 1 aliphatic rings. The van der Waals surface area contributed by atoms with E-state index in [1.807, 2.05) is 0 Å². The Labute approximate surface area is 151 Å². The maximum absolute atomic E-state index is 13.5. The lowest BCUT2D eigenvalue weighted by Crippen LogP contribution is -2.16. The van der Waals surface area contributed by atoms with E-state index in [4.69, 9.17) is 9.15 Å². The lowest BCUT2D eigenvalue weighted by molar-refractivity contribution is -0.152. The molecular formula is C20H13F3O4. The molecule has 1 heterocycles. The highest BCUT2D eigenvalue weighted by molar-refractivity contribution is 5.85. The smallest absolute Gasteiger partial charge is 0.450 e. The van der Waals surface area contributed by atoms with Crippen molar-refractivity contribution in [3.63, 3.8) is 0 Å². The van der Waals surface area contributed by atoms with E-state index in [1.165, 1.54) is 24.3 Å². The molecule has 7 heteroatoms. The molecule has 2 aromatic carbocycles. The number of hydrogen-bond acceptors (Lipinski definition) is 4. The van der Waals surface area contributed by atoms with Crippen LogP contribution in [-0.4, -0.2) is 5.97 Å². The van der Waals surface area contributed by atoms with Gasteiger partial charge in [-0.15, -0.1) is 0 Å². The molecule has 0 saturated heterocycles. The van der Waals surface area contributed by atoms with Crippen LogP contribution >= 0.6 is 0 Å². The zero-order valence-electron chi connectivity index (χ0n) is 13.9. The van der Waals surface area contributed by atoms with E-state index in [2.05, 4.69) is 0 Å². The van der Waals surface area contributed by atoms with Crippen LogP contribution in [0.3, 0.4) is 0 Å². The molecule has 0 aliphatic heterocycles. The number of benzene rings is 2. The SMILES string of the molecule is O=C(Oc1ccc2c(=O)c(-c3ccccc3)c(C(F)(F)F)oc2c1)C1CC1. The minimum absolute atomic E-state index is 0.0203. The van der Waals surface area contributed by atoms with Crippen molar-refractivity contribution in [1.82, 2.24) is 0 Å². The molecule has 0 bridgehead atoms. The molecule has 3 aromatic rings. The van der Waals surface area contributed by atoms with Gasteiger partial charge < -0.3 is 9.15 Å². The Kier molecular flexibility index (Phi) is 4.02. The Morgan fingerprint density at radius 2 is 1.78 bits per heavy atom. The number of hydrogen-bond donors (Lipinski definition) is 0. The minimum atomic E-state index is -4.86. The first-order valence-corrected chi connectivity index (χ1v) is 8.30. The quantitative estimate of drug-likeness (QED) is 0.488. The molecule has 1 aliphatic carbocycles. The Hall–Kier alpha value is -3.09. The molecule has 1 saturated carbocycles. The number of alkyl halides is 3. The first kappa shape index (κ1) is 17.3. The van der Waals surface area contributed by atoms with Crippen LogP contribution in [0.4, 0.5) is 13.2 Å². The summed E-state index contributed by atoms with van der Waals surface area (Å²) in [7, 11) is 0. The van der Waals surface area contributed by atoms with Crippen molar-refractivity contribution in [2.24, 2.45) is 5.92 Å². The maximum atomic E-state index is 13.5. The summed E-state index contributed by atoms with van der Waals surface area (Å²) in [5.74, 6) is -1.94. The van der Waals surface area contributed by atoms with Gasteiger partial charge in [0.15, 0.2) is 0 Å². The van der Waals surface area contributed by atoms with Gasteiger partial charge in [0, 0.05) is 6.07 Å². The van der Waals surface area contributed by atoms with Crippen molar-refractivity contribution in [2.75, 3.05) is 0 Å². The molecule has 1 fully saturated rings. The van der Waals surface area contributed by atoms with E-state index < -0.39 is 28.9 Å². The average Bonchev–Trinajstić information content (AvgIpc) is 3.46. The van der Waals surface area contributed by atoms with Crippen LogP contribution in [0.25, 0.3) is 22.1 Å². The number of halogens is 3. The monoisotopic (exact) mass is 374 g/mol. The maximum Gasteiger partial charge on any atom is 0.450 e. The molecule has 0 radical (unpaired) electrons. The van der Waals surface area contributed by atoms with E-state index in [-0.39, 0.29) is 28.2 Å². The molecule has 1 aromatic heterocycles. The van der Waals surface area contributed by atoms with Crippen molar-refractivity contribution < 1.29 is 27.1 Å². The highest BCUT2D eigenvalue weighted by atomic mass is 19.4. The largest absolute Gasteiger partial charge is 0.450 e. The van der Waals surface area contributed by atoms with Crippen molar-refractivity contribution in [2.45, 2.75) is 19.0 Å². The van der Waals surface area contributed by atoms with Crippen LogP contribution in [0.2, 0.25) is 0 Å². The third kappa shape index (κ3) is 3.32. The molecule has 0 amide bonds. The van der Waals surface area contributed by atoms with Gasteiger partial charge in [0.1, 0.15) is 11.3 Å². The van der Waals surface area contributed by atoms with Gasteiger partial charge in [-0.2, -0.15) is 13.2 Å². The second-order valence-corrected chi connectivity index (χ2v) is 6.35. The summed E-state index contributed by atoms with van der Waals surface area (Å²) < 4.78 is 50.9. The van der Waals surface area contributed by atoms with Gasteiger partial charge in [-0.1, -0.05) is 30.3 Å². The second-order valence-electron chi connectivity index (χ2n) is 6.35. The van der Waals surface area contributed by atoms with Gasteiger partial charge in [0.2, 0.25) is 11.2 Å². The first-order valence-electron chi connectivity index (χ1n) is 8.30. The number of carbonyl (C=O) groups excluding carboxylic acids is 1.